The van der Waals surface area contributed by atoms with E-state index >= 15 is 0 Å². The second-order valence-electron chi connectivity index (χ2n) is 6.64. The number of H-pyrrole nitrogens is 1. The van der Waals surface area contributed by atoms with Gasteiger partial charge in [0.2, 0.25) is 0 Å². The first-order valence-corrected chi connectivity index (χ1v) is 9.02. The first-order valence-electron chi connectivity index (χ1n) is 9.02. The van der Waals surface area contributed by atoms with Gasteiger partial charge in [0.1, 0.15) is 11.8 Å². The van der Waals surface area contributed by atoms with Gasteiger partial charge in [0, 0.05) is 32.2 Å². The summed E-state index contributed by atoms with van der Waals surface area (Å²) < 4.78 is 0. The van der Waals surface area contributed by atoms with Crippen molar-refractivity contribution >= 4 is 17.0 Å². The molecule has 2 aromatic heterocycles. The van der Waals surface area contributed by atoms with Crippen LogP contribution in [0.5, 0.6) is 0 Å². The van der Waals surface area contributed by atoms with Gasteiger partial charge in [0.15, 0.2) is 11.5 Å². The van der Waals surface area contributed by atoms with E-state index in [4.69, 9.17) is 0 Å². The third kappa shape index (κ3) is 3.35. The highest BCUT2D eigenvalue weighted by Crippen LogP contribution is 2.25. The zero-order chi connectivity index (χ0) is 17.1. The van der Waals surface area contributed by atoms with Gasteiger partial charge in [-0.3, -0.25) is 4.90 Å². The molecule has 1 atom stereocenters. The summed E-state index contributed by atoms with van der Waals surface area (Å²) in [7, 11) is 0. The summed E-state index contributed by atoms with van der Waals surface area (Å²) in [6.45, 7) is 6.28. The molecule has 6 nitrogen and oxygen atoms in total. The quantitative estimate of drug-likeness (QED) is 0.776. The molecule has 0 amide bonds. The normalized spacial score (nSPS) is 18.8. The number of hydrogen-bond donors (Lipinski definition) is 1. The Morgan fingerprint density at radius 3 is 2.84 bits per heavy atom. The van der Waals surface area contributed by atoms with Crippen LogP contribution in [-0.2, 0) is 6.54 Å². The average Bonchev–Trinajstić information content (AvgIpc) is 3.13. The number of aromatic amines is 1. The Balaban J connectivity index is 1.54. The van der Waals surface area contributed by atoms with E-state index in [9.17, 15) is 0 Å². The lowest BCUT2D eigenvalue weighted by atomic mass is 10.0. The topological polar surface area (TPSA) is 60.9 Å². The third-order valence-corrected chi connectivity index (χ3v) is 4.96. The summed E-state index contributed by atoms with van der Waals surface area (Å²) in [4.78, 5) is 21.2. The molecule has 0 radical (unpaired) electrons. The molecule has 3 aromatic rings. The largest absolute Gasteiger partial charge is 0.352 e. The second-order valence-corrected chi connectivity index (χ2v) is 6.64. The lowest BCUT2D eigenvalue weighted by Crippen LogP contribution is -2.53. The number of aromatic nitrogens is 4. The molecule has 4 rings (SSSR count). The number of imidazole rings is 1. The second kappa shape index (κ2) is 7.19. The van der Waals surface area contributed by atoms with Crippen molar-refractivity contribution in [2.75, 3.05) is 24.5 Å². The maximum atomic E-state index is 4.53. The lowest BCUT2D eigenvalue weighted by molar-refractivity contribution is 0.158. The van der Waals surface area contributed by atoms with E-state index < -0.39 is 0 Å². The Morgan fingerprint density at radius 1 is 1.12 bits per heavy atom. The van der Waals surface area contributed by atoms with Crippen LogP contribution in [-0.4, -0.2) is 50.5 Å². The number of nitrogens with one attached hydrogen (secondary N) is 1. The molecule has 1 saturated heterocycles. The summed E-state index contributed by atoms with van der Waals surface area (Å²) in [6, 6.07) is 11.3. The Bertz CT molecular complexity index is 815. The van der Waals surface area contributed by atoms with Crippen LogP contribution in [0.3, 0.4) is 0 Å². The highest BCUT2D eigenvalue weighted by Gasteiger charge is 2.28. The van der Waals surface area contributed by atoms with E-state index in [2.05, 4.69) is 67.0 Å². The number of piperazine rings is 1. The smallest absolute Gasteiger partial charge is 0.182 e. The molecule has 1 aliphatic heterocycles. The predicted octanol–water partition coefficient (Wildman–Crippen LogP) is 2.84. The number of benzene rings is 1. The van der Waals surface area contributed by atoms with Gasteiger partial charge in [-0.15, -0.1) is 0 Å². The molecule has 0 spiro atoms. The minimum atomic E-state index is 0.534. The van der Waals surface area contributed by atoms with Crippen LogP contribution in [0.1, 0.15) is 25.3 Å². The molecule has 1 unspecified atom stereocenters. The molecule has 25 heavy (non-hydrogen) atoms. The molecule has 1 fully saturated rings. The molecule has 130 valence electrons. The maximum Gasteiger partial charge on any atom is 0.182 e. The van der Waals surface area contributed by atoms with E-state index in [-0.39, 0.29) is 0 Å². The highest BCUT2D eigenvalue weighted by molar-refractivity contribution is 5.82. The summed E-state index contributed by atoms with van der Waals surface area (Å²) in [6.07, 6.45) is 5.69. The Morgan fingerprint density at radius 2 is 2.00 bits per heavy atom. The number of anilines is 1. The number of hydrogen-bond acceptors (Lipinski definition) is 5. The van der Waals surface area contributed by atoms with Gasteiger partial charge in [-0.2, -0.15) is 0 Å². The van der Waals surface area contributed by atoms with Gasteiger partial charge in [-0.1, -0.05) is 43.7 Å². The predicted molar refractivity (Wildman–Crippen MR) is 99.4 cm³/mol. The molecule has 0 aliphatic carbocycles. The Hall–Kier alpha value is -2.47. The zero-order valence-corrected chi connectivity index (χ0v) is 14.6. The van der Waals surface area contributed by atoms with Crippen molar-refractivity contribution in [3.63, 3.8) is 0 Å². The van der Waals surface area contributed by atoms with Gasteiger partial charge < -0.3 is 9.88 Å². The van der Waals surface area contributed by atoms with Crippen molar-refractivity contribution in [2.24, 2.45) is 0 Å². The fraction of sp³-hybridized carbons (Fsp3) is 0.421. The van der Waals surface area contributed by atoms with E-state index in [1.54, 1.807) is 12.7 Å². The average molecular weight is 336 g/mol. The van der Waals surface area contributed by atoms with E-state index in [0.29, 0.717) is 6.04 Å². The summed E-state index contributed by atoms with van der Waals surface area (Å²) in [5.41, 5.74) is 3.06. The van der Waals surface area contributed by atoms with Crippen LogP contribution in [0.2, 0.25) is 0 Å². The highest BCUT2D eigenvalue weighted by atomic mass is 15.3. The van der Waals surface area contributed by atoms with Crippen molar-refractivity contribution in [1.29, 1.82) is 0 Å². The Labute approximate surface area is 147 Å². The lowest BCUT2D eigenvalue weighted by Gasteiger charge is -2.42. The van der Waals surface area contributed by atoms with Crippen LogP contribution in [0.15, 0.2) is 43.0 Å². The van der Waals surface area contributed by atoms with Crippen LogP contribution in [0.4, 0.5) is 5.82 Å². The van der Waals surface area contributed by atoms with Gasteiger partial charge in [-0.25, -0.2) is 15.0 Å². The monoisotopic (exact) mass is 336 g/mol. The molecule has 1 aromatic carbocycles. The Kier molecular flexibility index (Phi) is 4.61. The summed E-state index contributed by atoms with van der Waals surface area (Å²) in [5, 5.41) is 0. The van der Waals surface area contributed by atoms with Crippen LogP contribution in [0.25, 0.3) is 11.2 Å². The SMILES string of the molecule is CCCC1CN(c2ncnc3nc[nH]c23)CCN1Cc1ccccc1. The molecule has 6 heteroatoms. The van der Waals surface area contributed by atoms with Crippen molar-refractivity contribution in [3.05, 3.63) is 48.5 Å². The molecular weight excluding hydrogens is 312 g/mol. The molecule has 0 bridgehead atoms. The van der Waals surface area contributed by atoms with Gasteiger partial charge in [0.05, 0.1) is 6.33 Å². The standard InChI is InChI=1S/C19H24N6/c1-2-6-16-12-25(19-17-18(21-13-20-17)22-14-23-19)10-9-24(16)11-15-7-4-3-5-8-15/h3-5,7-8,13-14,16H,2,6,9-12H2,1H3,(H,20,21,22,23). The van der Waals surface area contributed by atoms with Crippen molar-refractivity contribution in [1.82, 2.24) is 24.8 Å². The third-order valence-electron chi connectivity index (χ3n) is 4.96. The van der Waals surface area contributed by atoms with E-state index in [1.807, 2.05) is 0 Å². The first kappa shape index (κ1) is 16.0. The van der Waals surface area contributed by atoms with Crippen molar-refractivity contribution in [3.8, 4) is 0 Å². The molecule has 3 heterocycles. The van der Waals surface area contributed by atoms with Crippen LogP contribution < -0.4 is 4.90 Å². The minimum absolute atomic E-state index is 0.534. The number of fused-ring (bicyclic) bond motifs is 1. The number of nitrogens with zero attached hydrogens (tertiary/aromatic N) is 5. The molecule has 1 aliphatic rings. The summed E-state index contributed by atoms with van der Waals surface area (Å²) in [5.74, 6) is 0.975. The molecular formula is C19H24N6. The van der Waals surface area contributed by atoms with Gasteiger partial charge in [-0.05, 0) is 12.0 Å². The van der Waals surface area contributed by atoms with Crippen LogP contribution >= 0.6 is 0 Å². The van der Waals surface area contributed by atoms with Crippen LogP contribution in [0, 0.1) is 0 Å². The fourth-order valence-electron chi connectivity index (χ4n) is 3.71. The number of rotatable bonds is 5. The van der Waals surface area contributed by atoms with Crippen molar-refractivity contribution in [2.45, 2.75) is 32.4 Å². The molecule has 0 saturated carbocycles. The van der Waals surface area contributed by atoms with Gasteiger partial charge in [0.25, 0.3) is 0 Å². The van der Waals surface area contributed by atoms with E-state index in [1.165, 1.54) is 18.4 Å². The summed E-state index contributed by atoms with van der Waals surface area (Å²) >= 11 is 0. The maximum absolute atomic E-state index is 4.53. The minimum Gasteiger partial charge on any atom is -0.352 e. The first-order chi connectivity index (χ1) is 12.3. The van der Waals surface area contributed by atoms with Crippen molar-refractivity contribution < 1.29 is 0 Å². The fourth-order valence-corrected chi connectivity index (χ4v) is 3.71. The van der Waals surface area contributed by atoms with Gasteiger partial charge >= 0.3 is 0 Å². The molecule has 1 N–H and O–H groups in total. The zero-order valence-electron chi connectivity index (χ0n) is 14.6. The van der Waals surface area contributed by atoms with E-state index in [0.717, 1.165) is 43.2 Å².